The van der Waals surface area contributed by atoms with E-state index in [0.29, 0.717) is 24.8 Å². The van der Waals surface area contributed by atoms with E-state index in [9.17, 15) is 4.79 Å². The van der Waals surface area contributed by atoms with Gasteiger partial charge in [-0.1, -0.05) is 23.4 Å². The lowest BCUT2D eigenvalue weighted by molar-refractivity contribution is 0.0936. The second-order valence-corrected chi connectivity index (χ2v) is 6.59. The van der Waals surface area contributed by atoms with Crippen LogP contribution in [0.2, 0.25) is 0 Å². The van der Waals surface area contributed by atoms with Crippen LogP contribution in [0.4, 0.5) is 0 Å². The zero-order chi connectivity index (χ0) is 18.0. The predicted octanol–water partition coefficient (Wildman–Crippen LogP) is 3.23. The van der Waals surface area contributed by atoms with Gasteiger partial charge in [0, 0.05) is 31.6 Å². The third-order valence-corrected chi connectivity index (χ3v) is 4.45. The highest BCUT2D eigenvalue weighted by molar-refractivity contribution is 5.92. The van der Waals surface area contributed by atoms with Crippen LogP contribution in [0, 0.1) is 5.92 Å². The topological polar surface area (TPSA) is 73.6 Å². The molecule has 6 heteroatoms. The number of nitrogens with zero attached hydrogens (tertiary/aromatic N) is 1. The molecule has 1 amide bonds. The van der Waals surface area contributed by atoms with E-state index in [2.05, 4.69) is 10.5 Å². The molecule has 0 bridgehead atoms. The van der Waals surface area contributed by atoms with Crippen molar-refractivity contribution < 1.29 is 18.8 Å². The summed E-state index contributed by atoms with van der Waals surface area (Å²) in [5, 5.41) is 6.77. The number of unbranched alkanes of at least 4 members (excludes halogenated alkanes) is 2. The lowest BCUT2D eigenvalue weighted by atomic mass is 10.1. The lowest BCUT2D eigenvalue weighted by Gasteiger charge is -2.07. The molecule has 1 aromatic carbocycles. The minimum atomic E-state index is -0.178. The van der Waals surface area contributed by atoms with Crippen molar-refractivity contribution in [2.45, 2.75) is 32.1 Å². The van der Waals surface area contributed by atoms with Gasteiger partial charge in [0.1, 0.15) is 11.5 Å². The Balaban J connectivity index is 1.28. The van der Waals surface area contributed by atoms with Gasteiger partial charge in [-0.05, 0) is 37.8 Å². The fraction of sp³-hybridized carbons (Fsp3) is 0.500. The first kappa shape index (κ1) is 18.5. The number of benzene rings is 1. The van der Waals surface area contributed by atoms with E-state index in [-0.39, 0.29) is 5.91 Å². The number of rotatable bonds is 10. The number of para-hydroxylation sites is 1. The van der Waals surface area contributed by atoms with Gasteiger partial charge in [-0.2, -0.15) is 0 Å². The standard InChI is InChI=1S/C20H26N2O4/c23-20(21-14-16-10-12-24-15-16)19-13-18(26-22-19)9-5-2-6-11-25-17-7-3-1-4-8-17/h1,3-4,7-8,13,16H,2,5-6,9-12,14-15H2,(H,21,23). The van der Waals surface area contributed by atoms with Gasteiger partial charge in [0.25, 0.3) is 5.91 Å². The van der Waals surface area contributed by atoms with E-state index in [0.717, 1.165) is 56.8 Å². The molecule has 2 aromatic rings. The van der Waals surface area contributed by atoms with Gasteiger partial charge >= 0.3 is 0 Å². The average molecular weight is 358 g/mol. The average Bonchev–Trinajstić information content (AvgIpc) is 3.35. The van der Waals surface area contributed by atoms with E-state index in [1.165, 1.54) is 0 Å². The van der Waals surface area contributed by atoms with E-state index < -0.39 is 0 Å². The maximum absolute atomic E-state index is 12.1. The van der Waals surface area contributed by atoms with Gasteiger partial charge in [-0.25, -0.2) is 0 Å². The minimum Gasteiger partial charge on any atom is -0.494 e. The van der Waals surface area contributed by atoms with Crippen molar-refractivity contribution >= 4 is 5.91 Å². The lowest BCUT2D eigenvalue weighted by Crippen LogP contribution is -2.29. The Morgan fingerprint density at radius 2 is 2.12 bits per heavy atom. The summed E-state index contributed by atoms with van der Waals surface area (Å²) >= 11 is 0. The van der Waals surface area contributed by atoms with E-state index in [4.69, 9.17) is 14.0 Å². The van der Waals surface area contributed by atoms with Gasteiger partial charge < -0.3 is 19.3 Å². The molecule has 1 fully saturated rings. The van der Waals surface area contributed by atoms with Crippen LogP contribution < -0.4 is 10.1 Å². The minimum absolute atomic E-state index is 0.178. The summed E-state index contributed by atoms with van der Waals surface area (Å²) in [5.74, 6) is 1.89. The van der Waals surface area contributed by atoms with Crippen LogP contribution in [0.15, 0.2) is 40.9 Å². The number of nitrogens with one attached hydrogen (secondary N) is 1. The molecule has 0 aliphatic carbocycles. The molecular weight excluding hydrogens is 332 g/mol. The van der Waals surface area contributed by atoms with Crippen LogP contribution >= 0.6 is 0 Å². The van der Waals surface area contributed by atoms with Crippen molar-refractivity contribution in [1.29, 1.82) is 0 Å². The van der Waals surface area contributed by atoms with Crippen molar-refractivity contribution in [3.63, 3.8) is 0 Å². The normalized spacial score (nSPS) is 16.5. The highest BCUT2D eigenvalue weighted by Gasteiger charge is 2.18. The molecule has 1 aliphatic rings. The zero-order valence-corrected chi connectivity index (χ0v) is 15.0. The summed E-state index contributed by atoms with van der Waals surface area (Å²) in [6, 6.07) is 11.6. The van der Waals surface area contributed by atoms with E-state index in [1.54, 1.807) is 6.07 Å². The summed E-state index contributed by atoms with van der Waals surface area (Å²) in [7, 11) is 0. The molecular formula is C20H26N2O4. The van der Waals surface area contributed by atoms with Gasteiger partial charge in [-0.15, -0.1) is 0 Å². The molecule has 26 heavy (non-hydrogen) atoms. The molecule has 140 valence electrons. The third kappa shape index (κ3) is 5.88. The van der Waals surface area contributed by atoms with Crippen LogP contribution in [0.5, 0.6) is 5.75 Å². The molecule has 0 radical (unpaired) electrons. The molecule has 1 N–H and O–H groups in total. The Labute approximate surface area is 153 Å². The van der Waals surface area contributed by atoms with Gasteiger partial charge in [-0.3, -0.25) is 4.79 Å². The first-order valence-corrected chi connectivity index (χ1v) is 9.30. The molecule has 1 atom stereocenters. The van der Waals surface area contributed by atoms with Crippen LogP contribution in [0.25, 0.3) is 0 Å². The highest BCUT2D eigenvalue weighted by atomic mass is 16.5. The monoisotopic (exact) mass is 358 g/mol. The van der Waals surface area contributed by atoms with Gasteiger partial charge in [0.05, 0.1) is 13.2 Å². The number of aromatic nitrogens is 1. The Morgan fingerprint density at radius 1 is 1.23 bits per heavy atom. The zero-order valence-electron chi connectivity index (χ0n) is 15.0. The first-order valence-electron chi connectivity index (χ1n) is 9.30. The summed E-state index contributed by atoms with van der Waals surface area (Å²) in [6.07, 6.45) is 4.78. The van der Waals surface area contributed by atoms with Crippen LogP contribution in [0.3, 0.4) is 0 Å². The van der Waals surface area contributed by atoms with Crippen LogP contribution in [-0.4, -0.2) is 37.4 Å². The van der Waals surface area contributed by atoms with Crippen molar-refractivity contribution in [3.8, 4) is 5.75 Å². The predicted molar refractivity (Wildman–Crippen MR) is 97.3 cm³/mol. The SMILES string of the molecule is O=C(NCC1CCOC1)c1cc(CCCCCOc2ccccc2)on1. The fourth-order valence-corrected chi connectivity index (χ4v) is 2.89. The maximum atomic E-state index is 12.1. The summed E-state index contributed by atoms with van der Waals surface area (Å²) in [4.78, 5) is 12.1. The Kier molecular flexibility index (Phi) is 7.07. The molecule has 0 spiro atoms. The number of aryl methyl sites for hydroxylation is 1. The van der Waals surface area contributed by atoms with Crippen molar-refractivity contribution in [2.75, 3.05) is 26.4 Å². The molecule has 2 heterocycles. The van der Waals surface area contributed by atoms with Crippen LogP contribution in [-0.2, 0) is 11.2 Å². The molecule has 6 nitrogen and oxygen atoms in total. The Hall–Kier alpha value is -2.34. The van der Waals surface area contributed by atoms with E-state index >= 15 is 0 Å². The number of carbonyl (C=O) groups excluding carboxylic acids is 1. The van der Waals surface area contributed by atoms with E-state index in [1.807, 2.05) is 30.3 Å². The van der Waals surface area contributed by atoms with Crippen LogP contribution in [0.1, 0.15) is 41.9 Å². The number of amides is 1. The second-order valence-electron chi connectivity index (χ2n) is 6.59. The maximum Gasteiger partial charge on any atom is 0.273 e. The molecule has 1 saturated heterocycles. The number of hydrogen-bond acceptors (Lipinski definition) is 5. The third-order valence-electron chi connectivity index (χ3n) is 4.45. The molecule has 1 unspecified atom stereocenters. The molecule has 1 aromatic heterocycles. The first-order chi connectivity index (χ1) is 12.8. The van der Waals surface area contributed by atoms with Crippen molar-refractivity contribution in [2.24, 2.45) is 5.92 Å². The van der Waals surface area contributed by atoms with Crippen molar-refractivity contribution in [3.05, 3.63) is 47.9 Å². The fourth-order valence-electron chi connectivity index (χ4n) is 2.89. The Morgan fingerprint density at radius 3 is 2.92 bits per heavy atom. The van der Waals surface area contributed by atoms with Gasteiger partial charge in [0.15, 0.2) is 5.69 Å². The summed E-state index contributed by atoms with van der Waals surface area (Å²) in [5.41, 5.74) is 0.353. The molecule has 3 rings (SSSR count). The highest BCUT2D eigenvalue weighted by Crippen LogP contribution is 2.13. The second kappa shape index (κ2) is 9.97. The summed E-state index contributed by atoms with van der Waals surface area (Å²) in [6.45, 7) is 2.84. The van der Waals surface area contributed by atoms with Gasteiger partial charge in [0.2, 0.25) is 0 Å². The number of ether oxygens (including phenoxy) is 2. The quantitative estimate of drug-likeness (QED) is 0.660. The number of hydrogen-bond donors (Lipinski definition) is 1. The summed E-state index contributed by atoms with van der Waals surface area (Å²) < 4.78 is 16.2. The molecule has 0 saturated carbocycles. The largest absolute Gasteiger partial charge is 0.494 e. The number of carbonyl (C=O) groups is 1. The van der Waals surface area contributed by atoms with Crippen molar-refractivity contribution in [1.82, 2.24) is 10.5 Å². The smallest absolute Gasteiger partial charge is 0.273 e. The molecule has 1 aliphatic heterocycles. The Bertz CT molecular complexity index is 665.